The largest absolute Gasteiger partial charge is 0.459 e. The molecule has 0 radical (unpaired) electrons. The van der Waals surface area contributed by atoms with Crippen LogP contribution in [0.1, 0.15) is 10.6 Å². The SMILES string of the molecule is O=C(Cc1sc(-c2ccccc2)nc1-c1cccs1)OCc1nnsc1Cl. The van der Waals surface area contributed by atoms with Gasteiger partial charge in [0.15, 0.2) is 0 Å². The third-order valence-corrected chi connectivity index (χ3v) is 6.62. The summed E-state index contributed by atoms with van der Waals surface area (Å²) in [5, 5.41) is 6.73. The Kier molecular flexibility index (Phi) is 5.58. The van der Waals surface area contributed by atoms with Gasteiger partial charge in [0.2, 0.25) is 0 Å². The van der Waals surface area contributed by atoms with Gasteiger partial charge in [-0.25, -0.2) is 4.98 Å². The Balaban J connectivity index is 1.56. The van der Waals surface area contributed by atoms with Crippen molar-refractivity contribution in [2.75, 3.05) is 0 Å². The van der Waals surface area contributed by atoms with Gasteiger partial charge in [0, 0.05) is 22.0 Å². The van der Waals surface area contributed by atoms with Gasteiger partial charge >= 0.3 is 5.97 Å². The number of thiazole rings is 1. The standard InChI is InChI=1S/C18H12ClN3O2S3/c19-17-12(21-22-27-17)10-24-15(23)9-14-16(13-7-4-8-25-13)20-18(26-14)11-5-2-1-3-6-11/h1-8H,9-10H2. The molecule has 136 valence electrons. The fraction of sp³-hybridized carbons (Fsp3) is 0.111. The van der Waals surface area contributed by atoms with E-state index in [2.05, 4.69) is 9.59 Å². The van der Waals surface area contributed by atoms with Gasteiger partial charge in [-0.05, 0) is 11.4 Å². The Labute approximate surface area is 172 Å². The first-order chi connectivity index (χ1) is 13.2. The second-order valence-electron chi connectivity index (χ2n) is 5.46. The molecule has 1 aromatic carbocycles. The number of rotatable bonds is 6. The first kappa shape index (κ1) is 18.2. The molecule has 27 heavy (non-hydrogen) atoms. The van der Waals surface area contributed by atoms with E-state index < -0.39 is 0 Å². The number of hydrogen-bond acceptors (Lipinski definition) is 8. The Bertz CT molecular complexity index is 1050. The Hall–Kier alpha value is -2.13. The maximum Gasteiger partial charge on any atom is 0.311 e. The zero-order valence-electron chi connectivity index (χ0n) is 13.8. The summed E-state index contributed by atoms with van der Waals surface area (Å²) in [5.41, 5.74) is 2.34. The van der Waals surface area contributed by atoms with E-state index >= 15 is 0 Å². The molecule has 4 rings (SSSR count). The third kappa shape index (κ3) is 4.24. The van der Waals surface area contributed by atoms with Crippen LogP contribution in [0.15, 0.2) is 47.8 Å². The van der Waals surface area contributed by atoms with Crippen LogP contribution in [0, 0.1) is 0 Å². The van der Waals surface area contributed by atoms with Gasteiger partial charge in [-0.2, -0.15) is 0 Å². The maximum absolute atomic E-state index is 12.4. The monoisotopic (exact) mass is 433 g/mol. The van der Waals surface area contributed by atoms with E-state index in [1.807, 2.05) is 47.8 Å². The summed E-state index contributed by atoms with van der Waals surface area (Å²) in [7, 11) is 0. The number of aromatic nitrogens is 3. The lowest BCUT2D eigenvalue weighted by atomic mass is 10.2. The number of hydrogen-bond donors (Lipinski definition) is 0. The van der Waals surface area contributed by atoms with E-state index in [1.54, 1.807) is 11.3 Å². The normalized spacial score (nSPS) is 10.9. The van der Waals surface area contributed by atoms with Crippen molar-refractivity contribution in [2.24, 2.45) is 0 Å². The molecule has 0 N–H and O–H groups in total. The summed E-state index contributed by atoms with van der Waals surface area (Å²) < 4.78 is 9.49. The molecule has 9 heteroatoms. The second kappa shape index (κ2) is 8.26. The molecule has 5 nitrogen and oxygen atoms in total. The van der Waals surface area contributed by atoms with E-state index in [0.29, 0.717) is 10.0 Å². The molecule has 0 amide bonds. The van der Waals surface area contributed by atoms with Crippen LogP contribution in [0.25, 0.3) is 21.1 Å². The molecule has 0 aliphatic heterocycles. The van der Waals surface area contributed by atoms with Crippen molar-refractivity contribution in [2.45, 2.75) is 13.0 Å². The highest BCUT2D eigenvalue weighted by molar-refractivity contribution is 7.17. The average molecular weight is 434 g/mol. The third-order valence-electron chi connectivity index (χ3n) is 3.66. The Morgan fingerprint density at radius 1 is 1.15 bits per heavy atom. The highest BCUT2D eigenvalue weighted by Crippen LogP contribution is 2.36. The van der Waals surface area contributed by atoms with Crippen molar-refractivity contribution in [1.82, 2.24) is 14.6 Å². The summed E-state index contributed by atoms with van der Waals surface area (Å²) in [6, 6.07) is 13.9. The number of ether oxygens (including phenoxy) is 1. The molecule has 0 saturated carbocycles. The molecule has 0 atom stereocenters. The molecule has 0 unspecified atom stereocenters. The molecule has 0 saturated heterocycles. The highest BCUT2D eigenvalue weighted by atomic mass is 35.5. The Morgan fingerprint density at radius 3 is 2.70 bits per heavy atom. The minimum Gasteiger partial charge on any atom is -0.459 e. The second-order valence-corrected chi connectivity index (χ2v) is 8.85. The van der Waals surface area contributed by atoms with Crippen molar-refractivity contribution in [3.05, 3.63) is 62.8 Å². The van der Waals surface area contributed by atoms with Gasteiger partial charge in [-0.1, -0.05) is 52.5 Å². The number of nitrogens with zero attached hydrogens (tertiary/aromatic N) is 3. The van der Waals surface area contributed by atoms with Gasteiger partial charge in [0.1, 0.15) is 21.6 Å². The minimum atomic E-state index is -0.347. The molecule has 3 heterocycles. The van der Waals surface area contributed by atoms with E-state index in [0.717, 1.165) is 37.6 Å². The van der Waals surface area contributed by atoms with Crippen LogP contribution in [0.3, 0.4) is 0 Å². The minimum absolute atomic E-state index is 0.0207. The van der Waals surface area contributed by atoms with Gasteiger partial charge in [-0.15, -0.1) is 27.8 Å². The maximum atomic E-state index is 12.4. The molecule has 0 aliphatic rings. The smallest absolute Gasteiger partial charge is 0.311 e. The van der Waals surface area contributed by atoms with Crippen LogP contribution >= 0.6 is 45.8 Å². The van der Waals surface area contributed by atoms with Crippen molar-refractivity contribution in [1.29, 1.82) is 0 Å². The van der Waals surface area contributed by atoms with Gasteiger partial charge in [-0.3, -0.25) is 4.79 Å². The fourth-order valence-electron chi connectivity index (χ4n) is 2.40. The molecule has 0 spiro atoms. The molecule has 0 aliphatic carbocycles. The topological polar surface area (TPSA) is 65.0 Å². The number of esters is 1. The first-order valence-electron chi connectivity index (χ1n) is 7.92. The number of benzene rings is 1. The van der Waals surface area contributed by atoms with Crippen molar-refractivity contribution < 1.29 is 9.53 Å². The fourth-order valence-corrected chi connectivity index (χ4v) is 4.87. The average Bonchev–Trinajstić information content (AvgIpc) is 3.42. The summed E-state index contributed by atoms with van der Waals surface area (Å²) in [6.07, 6.45) is 0.146. The molecular formula is C18H12ClN3O2S3. The summed E-state index contributed by atoms with van der Waals surface area (Å²) >= 11 is 10.1. The van der Waals surface area contributed by atoms with Crippen LogP contribution in [-0.2, 0) is 22.6 Å². The van der Waals surface area contributed by atoms with Crippen molar-refractivity contribution in [3.63, 3.8) is 0 Å². The van der Waals surface area contributed by atoms with E-state index in [4.69, 9.17) is 21.3 Å². The van der Waals surface area contributed by atoms with Gasteiger partial charge in [0.05, 0.1) is 17.0 Å². The van der Waals surface area contributed by atoms with E-state index in [-0.39, 0.29) is 19.0 Å². The van der Waals surface area contributed by atoms with Gasteiger partial charge < -0.3 is 4.74 Å². The summed E-state index contributed by atoms with van der Waals surface area (Å²) in [5.74, 6) is -0.347. The van der Waals surface area contributed by atoms with E-state index in [9.17, 15) is 4.79 Å². The van der Waals surface area contributed by atoms with Crippen molar-refractivity contribution >= 4 is 51.8 Å². The van der Waals surface area contributed by atoms with Crippen molar-refractivity contribution in [3.8, 4) is 21.1 Å². The van der Waals surface area contributed by atoms with Gasteiger partial charge in [0.25, 0.3) is 0 Å². The highest BCUT2D eigenvalue weighted by Gasteiger charge is 2.19. The summed E-state index contributed by atoms with van der Waals surface area (Å²) in [4.78, 5) is 19.0. The zero-order chi connectivity index (χ0) is 18.6. The molecule has 3 aromatic heterocycles. The number of thiophene rings is 1. The van der Waals surface area contributed by atoms with Crippen LogP contribution in [0.4, 0.5) is 0 Å². The lowest BCUT2D eigenvalue weighted by Crippen LogP contribution is -2.08. The summed E-state index contributed by atoms with van der Waals surface area (Å²) in [6.45, 7) is 0.0207. The predicted octanol–water partition coefficient (Wildman–Crippen LogP) is 5.33. The molecule has 4 aromatic rings. The molecule has 0 bridgehead atoms. The zero-order valence-corrected chi connectivity index (χ0v) is 17.0. The number of halogens is 1. The van der Waals surface area contributed by atoms with Crippen LogP contribution < -0.4 is 0 Å². The molecular weight excluding hydrogens is 422 g/mol. The lowest BCUT2D eigenvalue weighted by molar-refractivity contribution is -0.144. The number of carbonyl (C=O) groups is 1. The Morgan fingerprint density at radius 2 is 2.00 bits per heavy atom. The predicted molar refractivity (Wildman–Crippen MR) is 109 cm³/mol. The van der Waals surface area contributed by atoms with E-state index in [1.165, 1.54) is 11.3 Å². The first-order valence-corrected chi connectivity index (χ1v) is 10.8. The van der Waals surface area contributed by atoms with Crippen LogP contribution in [-0.4, -0.2) is 20.5 Å². The number of carbonyl (C=O) groups excluding carboxylic acids is 1. The van der Waals surface area contributed by atoms with Crippen LogP contribution in [0.2, 0.25) is 4.34 Å². The van der Waals surface area contributed by atoms with Crippen LogP contribution in [0.5, 0.6) is 0 Å². The molecule has 0 fully saturated rings. The lowest BCUT2D eigenvalue weighted by Gasteiger charge is -2.03. The quantitative estimate of drug-likeness (QED) is 0.384.